The van der Waals surface area contributed by atoms with Crippen LogP contribution in [0, 0.1) is 0 Å². The van der Waals surface area contributed by atoms with Crippen molar-refractivity contribution in [1.29, 1.82) is 0 Å². The van der Waals surface area contributed by atoms with E-state index >= 15 is 0 Å². The summed E-state index contributed by atoms with van der Waals surface area (Å²) in [6, 6.07) is 43.9. The second-order valence-corrected chi connectivity index (χ2v) is 10.5. The van der Waals surface area contributed by atoms with Gasteiger partial charge >= 0.3 is 0 Å². The van der Waals surface area contributed by atoms with E-state index in [-0.39, 0.29) is 5.54 Å². The van der Waals surface area contributed by atoms with Crippen LogP contribution in [-0.4, -0.2) is 21.6 Å². The zero-order valence-corrected chi connectivity index (χ0v) is 22.1. The van der Waals surface area contributed by atoms with E-state index in [1.807, 2.05) is 0 Å². The van der Waals surface area contributed by atoms with Crippen molar-refractivity contribution in [3.8, 4) is 0 Å². The summed E-state index contributed by atoms with van der Waals surface area (Å²) in [4.78, 5) is 0. The highest BCUT2D eigenvalue weighted by atomic mass is 15.7. The average molecular weight is 477 g/mol. The molecule has 0 aliphatic rings. The summed E-state index contributed by atoms with van der Waals surface area (Å²) in [5, 5.41) is 5.27. The van der Waals surface area contributed by atoms with E-state index in [2.05, 4.69) is 152 Å². The summed E-state index contributed by atoms with van der Waals surface area (Å²) >= 11 is 0. The van der Waals surface area contributed by atoms with Gasteiger partial charge in [0.05, 0.1) is 0 Å². The number of nitrogens with zero attached hydrogens (tertiary/aromatic N) is 2. The van der Waals surface area contributed by atoms with Crippen LogP contribution in [-0.2, 0) is 25.9 Å². The number of hydrogen-bond acceptors (Lipinski definition) is 2. The van der Waals surface area contributed by atoms with Crippen LogP contribution in [0.15, 0.2) is 121 Å². The standard InChI is InChI=1S/C34H40N2/c1-29(26-31-18-10-5-11-19-31)35(27-32-20-12-6-13-21-32)36(28-33-22-14-7-15-23-33)34(2,3)25-24-30-16-8-4-9-17-30/h4-23,29H,24-28H2,1-3H3. The molecule has 0 radical (unpaired) electrons. The Balaban J connectivity index is 1.66. The van der Waals surface area contributed by atoms with Gasteiger partial charge < -0.3 is 0 Å². The second-order valence-electron chi connectivity index (χ2n) is 10.5. The van der Waals surface area contributed by atoms with Gasteiger partial charge in [0.2, 0.25) is 0 Å². The van der Waals surface area contributed by atoms with Gasteiger partial charge in [0.15, 0.2) is 0 Å². The Hall–Kier alpha value is -3.20. The fourth-order valence-corrected chi connectivity index (χ4v) is 4.94. The van der Waals surface area contributed by atoms with Crippen molar-refractivity contribution in [3.05, 3.63) is 144 Å². The molecule has 2 nitrogen and oxygen atoms in total. The lowest BCUT2D eigenvalue weighted by Crippen LogP contribution is -2.57. The van der Waals surface area contributed by atoms with Crippen LogP contribution >= 0.6 is 0 Å². The van der Waals surface area contributed by atoms with Crippen molar-refractivity contribution in [1.82, 2.24) is 10.0 Å². The van der Waals surface area contributed by atoms with E-state index in [9.17, 15) is 0 Å². The van der Waals surface area contributed by atoms with Crippen molar-refractivity contribution in [2.24, 2.45) is 0 Å². The third-order valence-corrected chi connectivity index (χ3v) is 7.12. The molecule has 186 valence electrons. The zero-order chi connectivity index (χ0) is 25.2. The summed E-state index contributed by atoms with van der Waals surface area (Å²) in [5.74, 6) is 0. The Morgan fingerprint density at radius 2 is 0.972 bits per heavy atom. The molecule has 0 heterocycles. The van der Waals surface area contributed by atoms with Crippen LogP contribution in [0.4, 0.5) is 0 Å². The topological polar surface area (TPSA) is 6.48 Å². The van der Waals surface area contributed by atoms with E-state index < -0.39 is 0 Å². The quantitative estimate of drug-likeness (QED) is 0.191. The maximum absolute atomic E-state index is 2.64. The number of benzene rings is 4. The molecule has 0 aliphatic carbocycles. The van der Waals surface area contributed by atoms with Crippen LogP contribution in [0.2, 0.25) is 0 Å². The van der Waals surface area contributed by atoms with E-state index in [1.165, 1.54) is 22.3 Å². The molecule has 0 spiro atoms. The lowest BCUT2D eigenvalue weighted by molar-refractivity contribution is -0.137. The highest BCUT2D eigenvalue weighted by Gasteiger charge is 2.34. The van der Waals surface area contributed by atoms with Gasteiger partial charge in [0, 0.05) is 24.7 Å². The smallest absolute Gasteiger partial charge is 0.0390 e. The minimum absolute atomic E-state index is 0.0363. The van der Waals surface area contributed by atoms with E-state index in [1.54, 1.807) is 0 Å². The monoisotopic (exact) mass is 476 g/mol. The van der Waals surface area contributed by atoms with Gasteiger partial charge in [0.1, 0.15) is 0 Å². The lowest BCUT2D eigenvalue weighted by atomic mass is 9.93. The maximum atomic E-state index is 2.64. The van der Waals surface area contributed by atoms with E-state index in [0.717, 1.165) is 32.4 Å². The van der Waals surface area contributed by atoms with Crippen LogP contribution in [0.1, 0.15) is 49.4 Å². The predicted molar refractivity (Wildman–Crippen MR) is 152 cm³/mol. The summed E-state index contributed by atoms with van der Waals surface area (Å²) in [7, 11) is 0. The second kappa shape index (κ2) is 12.7. The molecule has 0 bridgehead atoms. The third kappa shape index (κ3) is 7.40. The molecule has 0 N–H and O–H groups in total. The molecule has 1 unspecified atom stereocenters. The first kappa shape index (κ1) is 25.9. The first-order chi connectivity index (χ1) is 17.5. The fraction of sp³-hybridized carbons (Fsp3) is 0.294. The van der Waals surface area contributed by atoms with Crippen molar-refractivity contribution in [2.75, 3.05) is 0 Å². The molecular formula is C34H40N2. The van der Waals surface area contributed by atoms with Gasteiger partial charge in [-0.25, -0.2) is 10.0 Å². The molecule has 0 saturated heterocycles. The van der Waals surface area contributed by atoms with Crippen molar-refractivity contribution < 1.29 is 0 Å². The highest BCUT2D eigenvalue weighted by molar-refractivity contribution is 5.19. The molecule has 0 aliphatic heterocycles. The van der Waals surface area contributed by atoms with Gasteiger partial charge in [-0.1, -0.05) is 121 Å². The first-order valence-electron chi connectivity index (χ1n) is 13.2. The Bertz CT molecular complexity index is 1140. The Morgan fingerprint density at radius 1 is 0.556 bits per heavy atom. The minimum atomic E-state index is -0.0363. The molecule has 2 heteroatoms. The van der Waals surface area contributed by atoms with Gasteiger partial charge in [0.25, 0.3) is 0 Å². The van der Waals surface area contributed by atoms with Crippen molar-refractivity contribution in [2.45, 2.75) is 64.7 Å². The van der Waals surface area contributed by atoms with E-state index in [0.29, 0.717) is 6.04 Å². The maximum Gasteiger partial charge on any atom is 0.0390 e. The summed E-state index contributed by atoms with van der Waals surface area (Å²) in [6.45, 7) is 8.96. The number of rotatable bonds is 12. The number of hydrogen-bond donors (Lipinski definition) is 0. The molecule has 4 rings (SSSR count). The van der Waals surface area contributed by atoms with Crippen molar-refractivity contribution >= 4 is 0 Å². The molecule has 0 amide bonds. The molecule has 0 aromatic heterocycles. The molecule has 0 fully saturated rings. The third-order valence-electron chi connectivity index (χ3n) is 7.12. The van der Waals surface area contributed by atoms with Gasteiger partial charge in [-0.15, -0.1) is 0 Å². The largest absolute Gasteiger partial charge is 0.233 e. The summed E-state index contributed by atoms with van der Waals surface area (Å²) in [5.41, 5.74) is 5.43. The zero-order valence-electron chi connectivity index (χ0n) is 22.1. The summed E-state index contributed by atoms with van der Waals surface area (Å²) in [6.07, 6.45) is 3.15. The van der Waals surface area contributed by atoms with Crippen LogP contribution in [0.5, 0.6) is 0 Å². The highest BCUT2D eigenvalue weighted by Crippen LogP contribution is 2.29. The molecule has 4 aromatic carbocycles. The van der Waals surface area contributed by atoms with Crippen LogP contribution in [0.25, 0.3) is 0 Å². The fourth-order valence-electron chi connectivity index (χ4n) is 4.94. The Kier molecular flexibility index (Phi) is 9.11. The predicted octanol–water partition coefficient (Wildman–Crippen LogP) is 7.95. The molecule has 36 heavy (non-hydrogen) atoms. The van der Waals surface area contributed by atoms with Gasteiger partial charge in [-0.2, -0.15) is 0 Å². The first-order valence-corrected chi connectivity index (χ1v) is 13.2. The Labute approximate surface area is 218 Å². The minimum Gasteiger partial charge on any atom is -0.233 e. The van der Waals surface area contributed by atoms with Gasteiger partial charge in [-0.3, -0.25) is 0 Å². The lowest BCUT2D eigenvalue weighted by Gasteiger charge is -2.48. The molecule has 1 atom stereocenters. The van der Waals surface area contributed by atoms with E-state index in [4.69, 9.17) is 0 Å². The molecular weight excluding hydrogens is 436 g/mol. The SMILES string of the molecule is CC(Cc1ccccc1)N(Cc1ccccc1)N(Cc1ccccc1)C(C)(C)CCc1ccccc1. The van der Waals surface area contributed by atoms with Crippen LogP contribution in [0.3, 0.4) is 0 Å². The number of aryl methyl sites for hydroxylation is 1. The Morgan fingerprint density at radius 3 is 1.47 bits per heavy atom. The molecule has 4 aromatic rings. The van der Waals surface area contributed by atoms with Crippen LogP contribution < -0.4 is 0 Å². The van der Waals surface area contributed by atoms with Gasteiger partial charge in [-0.05, 0) is 62.3 Å². The normalized spacial score (nSPS) is 12.7. The summed E-state index contributed by atoms with van der Waals surface area (Å²) < 4.78 is 0. The number of hydrazine groups is 1. The van der Waals surface area contributed by atoms with Crippen molar-refractivity contribution in [3.63, 3.8) is 0 Å². The average Bonchev–Trinajstić information content (AvgIpc) is 2.92. The molecule has 0 saturated carbocycles.